The standard InChI is InChI=1S/C21H22N4O2.C3H7NO/c1-3-21(2,27)11-10-14-12-16(9-8-15(14)13-22)25-18-7-5-4-6-17(18)19(24-25)20(23)26;1-4(2)3-5/h8-9,12,27H,3-7H2,1-2H3,(H2,23,26);3H,1-2H3/t21-;/m1./s1. The maximum absolute atomic E-state index is 11.8. The minimum atomic E-state index is -1.12. The number of primary amides is 1. The van der Waals surface area contributed by atoms with Crippen LogP contribution in [0.3, 0.4) is 0 Å². The van der Waals surface area contributed by atoms with Gasteiger partial charge in [0.2, 0.25) is 6.41 Å². The van der Waals surface area contributed by atoms with E-state index in [0.29, 0.717) is 23.2 Å². The number of amides is 2. The number of fused-ring (bicyclic) bond motifs is 1. The summed E-state index contributed by atoms with van der Waals surface area (Å²) in [7, 11) is 3.38. The van der Waals surface area contributed by atoms with Gasteiger partial charge in [0.1, 0.15) is 11.7 Å². The van der Waals surface area contributed by atoms with Crippen LogP contribution in [0.1, 0.15) is 66.0 Å². The van der Waals surface area contributed by atoms with Crippen molar-refractivity contribution >= 4 is 12.3 Å². The van der Waals surface area contributed by atoms with Crippen LogP contribution in [-0.2, 0) is 17.6 Å². The molecular formula is C24H29N5O3. The zero-order valence-corrected chi connectivity index (χ0v) is 19.0. The maximum Gasteiger partial charge on any atom is 0.269 e. The first-order valence-electron chi connectivity index (χ1n) is 10.5. The largest absolute Gasteiger partial charge is 0.378 e. The molecule has 3 N–H and O–H groups in total. The molecule has 0 saturated carbocycles. The second-order valence-corrected chi connectivity index (χ2v) is 8.05. The Morgan fingerprint density at radius 3 is 2.56 bits per heavy atom. The number of hydrogen-bond acceptors (Lipinski definition) is 5. The third-order valence-electron chi connectivity index (χ3n) is 5.15. The molecule has 0 saturated heterocycles. The van der Waals surface area contributed by atoms with Gasteiger partial charge in [0, 0.05) is 30.9 Å². The smallest absolute Gasteiger partial charge is 0.269 e. The Hall–Kier alpha value is -3.62. The third-order valence-corrected chi connectivity index (χ3v) is 5.15. The molecule has 1 aliphatic rings. The Labute approximate surface area is 188 Å². The Bertz CT molecular complexity index is 1100. The SMILES string of the molecule is CC[C@@](C)(O)C#Cc1cc(-n2nc(C(N)=O)c3c2CCCC3)ccc1C#N.CN(C)C=O. The van der Waals surface area contributed by atoms with E-state index in [4.69, 9.17) is 5.73 Å². The van der Waals surface area contributed by atoms with Crippen molar-refractivity contribution in [2.45, 2.75) is 51.6 Å². The number of aliphatic hydroxyl groups is 1. The van der Waals surface area contributed by atoms with Crippen LogP contribution < -0.4 is 5.73 Å². The summed E-state index contributed by atoms with van der Waals surface area (Å²) < 4.78 is 1.74. The normalized spacial score (nSPS) is 13.8. The lowest BCUT2D eigenvalue weighted by atomic mass is 9.95. The quantitative estimate of drug-likeness (QED) is 0.561. The van der Waals surface area contributed by atoms with Gasteiger partial charge in [-0.2, -0.15) is 10.4 Å². The molecular weight excluding hydrogens is 406 g/mol. The van der Waals surface area contributed by atoms with E-state index in [9.17, 15) is 20.0 Å². The van der Waals surface area contributed by atoms with Gasteiger partial charge in [0.15, 0.2) is 5.69 Å². The van der Waals surface area contributed by atoms with E-state index in [1.165, 1.54) is 4.90 Å². The summed E-state index contributed by atoms with van der Waals surface area (Å²) in [5, 5.41) is 23.9. The molecule has 1 atom stereocenters. The average Bonchev–Trinajstić information content (AvgIpc) is 3.18. The maximum atomic E-state index is 11.8. The van der Waals surface area contributed by atoms with Crippen LogP contribution in [0.15, 0.2) is 18.2 Å². The van der Waals surface area contributed by atoms with Crippen LogP contribution in [0.2, 0.25) is 0 Å². The molecule has 0 spiro atoms. The molecule has 0 unspecified atom stereocenters. The van der Waals surface area contributed by atoms with Crippen molar-refractivity contribution in [2.75, 3.05) is 14.1 Å². The van der Waals surface area contributed by atoms with Crippen molar-refractivity contribution in [3.8, 4) is 23.6 Å². The molecule has 2 amide bonds. The lowest BCUT2D eigenvalue weighted by molar-refractivity contribution is -0.115. The summed E-state index contributed by atoms with van der Waals surface area (Å²) in [5.41, 5.74) is 8.27. The number of aromatic nitrogens is 2. The summed E-state index contributed by atoms with van der Waals surface area (Å²) in [6.07, 6.45) is 4.88. The fourth-order valence-corrected chi connectivity index (χ4v) is 3.17. The second kappa shape index (κ2) is 10.6. The first-order valence-corrected chi connectivity index (χ1v) is 10.5. The average molecular weight is 436 g/mol. The Kier molecular flexibility index (Phi) is 8.17. The van der Waals surface area contributed by atoms with Gasteiger partial charge < -0.3 is 15.7 Å². The predicted octanol–water partition coefficient (Wildman–Crippen LogP) is 1.94. The predicted molar refractivity (Wildman–Crippen MR) is 121 cm³/mol. The first kappa shape index (κ1) is 24.6. The van der Waals surface area contributed by atoms with Crippen LogP contribution in [0.4, 0.5) is 0 Å². The highest BCUT2D eigenvalue weighted by Gasteiger charge is 2.24. The number of carbonyl (C=O) groups is 2. The van der Waals surface area contributed by atoms with Gasteiger partial charge in [-0.25, -0.2) is 4.68 Å². The van der Waals surface area contributed by atoms with Crippen molar-refractivity contribution in [2.24, 2.45) is 5.73 Å². The molecule has 0 aliphatic heterocycles. The molecule has 0 fully saturated rings. The summed E-state index contributed by atoms with van der Waals surface area (Å²) in [5.74, 6) is 5.21. The molecule has 1 aromatic carbocycles. The van der Waals surface area contributed by atoms with Gasteiger partial charge in [-0.1, -0.05) is 18.8 Å². The number of carbonyl (C=O) groups excluding carboxylic acids is 2. The third kappa shape index (κ3) is 5.96. The number of nitriles is 1. The molecule has 1 aliphatic carbocycles. The first-order chi connectivity index (χ1) is 15.1. The lowest BCUT2D eigenvalue weighted by Gasteiger charge is -2.14. The number of rotatable bonds is 4. The minimum Gasteiger partial charge on any atom is -0.378 e. The summed E-state index contributed by atoms with van der Waals surface area (Å²) in [4.78, 5) is 22.7. The fourth-order valence-electron chi connectivity index (χ4n) is 3.17. The van der Waals surface area contributed by atoms with Gasteiger partial charge in [0.25, 0.3) is 5.91 Å². The van der Waals surface area contributed by atoms with E-state index < -0.39 is 11.5 Å². The second-order valence-electron chi connectivity index (χ2n) is 8.05. The van der Waals surface area contributed by atoms with E-state index >= 15 is 0 Å². The van der Waals surface area contributed by atoms with Gasteiger partial charge in [0.05, 0.1) is 11.3 Å². The number of nitrogens with two attached hydrogens (primary N) is 1. The van der Waals surface area contributed by atoms with E-state index in [-0.39, 0.29) is 0 Å². The molecule has 3 rings (SSSR count). The summed E-state index contributed by atoms with van der Waals surface area (Å²) in [6, 6.07) is 7.36. The van der Waals surface area contributed by atoms with Crippen molar-refractivity contribution in [3.63, 3.8) is 0 Å². The Morgan fingerprint density at radius 1 is 1.34 bits per heavy atom. The van der Waals surface area contributed by atoms with Crippen LogP contribution >= 0.6 is 0 Å². The van der Waals surface area contributed by atoms with E-state index in [2.05, 4.69) is 23.0 Å². The van der Waals surface area contributed by atoms with Crippen LogP contribution in [0.25, 0.3) is 5.69 Å². The molecule has 0 bridgehead atoms. The highest BCUT2D eigenvalue weighted by atomic mass is 16.3. The summed E-state index contributed by atoms with van der Waals surface area (Å²) in [6.45, 7) is 3.48. The number of hydrogen-bond donors (Lipinski definition) is 2. The minimum absolute atomic E-state index is 0.315. The number of nitrogens with zero attached hydrogens (tertiary/aromatic N) is 4. The van der Waals surface area contributed by atoms with Crippen LogP contribution in [0, 0.1) is 23.2 Å². The van der Waals surface area contributed by atoms with Crippen molar-refractivity contribution in [3.05, 3.63) is 46.3 Å². The highest BCUT2D eigenvalue weighted by molar-refractivity contribution is 5.92. The highest BCUT2D eigenvalue weighted by Crippen LogP contribution is 2.27. The van der Waals surface area contributed by atoms with Gasteiger partial charge >= 0.3 is 0 Å². The Balaban J connectivity index is 0.000000654. The molecule has 1 aromatic heterocycles. The zero-order valence-electron chi connectivity index (χ0n) is 19.0. The summed E-state index contributed by atoms with van der Waals surface area (Å²) >= 11 is 0. The van der Waals surface area contributed by atoms with E-state index in [0.717, 1.165) is 49.0 Å². The van der Waals surface area contributed by atoms with Crippen LogP contribution in [-0.4, -0.2) is 51.8 Å². The van der Waals surface area contributed by atoms with E-state index in [1.807, 2.05) is 6.92 Å². The molecule has 168 valence electrons. The zero-order chi connectivity index (χ0) is 23.9. The van der Waals surface area contributed by atoms with Crippen molar-refractivity contribution < 1.29 is 14.7 Å². The lowest BCUT2D eigenvalue weighted by Crippen LogP contribution is -2.19. The number of benzene rings is 1. The monoisotopic (exact) mass is 435 g/mol. The molecule has 2 aromatic rings. The van der Waals surface area contributed by atoms with E-state index in [1.54, 1.807) is 43.9 Å². The van der Waals surface area contributed by atoms with Gasteiger partial charge in [-0.3, -0.25) is 9.59 Å². The topological polar surface area (TPSA) is 125 Å². The van der Waals surface area contributed by atoms with Crippen molar-refractivity contribution in [1.29, 1.82) is 5.26 Å². The Morgan fingerprint density at radius 2 is 2.00 bits per heavy atom. The molecule has 1 heterocycles. The molecule has 0 radical (unpaired) electrons. The van der Waals surface area contributed by atoms with Gasteiger partial charge in [-0.15, -0.1) is 0 Å². The molecule has 8 nitrogen and oxygen atoms in total. The van der Waals surface area contributed by atoms with Crippen molar-refractivity contribution in [1.82, 2.24) is 14.7 Å². The van der Waals surface area contributed by atoms with Crippen LogP contribution in [0.5, 0.6) is 0 Å². The molecule has 32 heavy (non-hydrogen) atoms. The van der Waals surface area contributed by atoms with Gasteiger partial charge in [-0.05, 0) is 57.2 Å². The molecule has 8 heteroatoms. The fraction of sp³-hybridized carbons (Fsp3) is 0.417.